The summed E-state index contributed by atoms with van der Waals surface area (Å²) in [5, 5.41) is 0. The normalized spacial score (nSPS) is 11.2. The van der Waals surface area contributed by atoms with Gasteiger partial charge in [0.05, 0.1) is 0 Å². The summed E-state index contributed by atoms with van der Waals surface area (Å²) in [4.78, 5) is 0. The second-order valence-electron chi connectivity index (χ2n) is 10.9. The fourth-order valence-corrected chi connectivity index (χ4v) is 5.36. The second-order valence-corrected chi connectivity index (χ2v) is 10.9. The first-order chi connectivity index (χ1) is 19.5. The van der Waals surface area contributed by atoms with E-state index in [2.05, 4.69) is 13.8 Å². The average Bonchev–Trinajstić information content (AvgIpc) is 2.97. The number of rotatable bonds is 14. The summed E-state index contributed by atoms with van der Waals surface area (Å²) in [5.41, 5.74) is 4.81. The SMILES string of the molecule is CCCCCCCCCCc1ccc(-c2ccc(-c3ccc(-c4ccc(CCC)cc4)cc3F)c(F)c2F)cc1. The largest absolute Gasteiger partial charge is 0.206 e. The number of halogens is 3. The zero-order chi connectivity index (χ0) is 28.3. The molecule has 0 unspecified atom stereocenters. The van der Waals surface area contributed by atoms with Gasteiger partial charge in [-0.3, -0.25) is 0 Å². The lowest BCUT2D eigenvalue weighted by atomic mass is 9.95. The molecule has 3 heteroatoms. The first-order valence-corrected chi connectivity index (χ1v) is 15.0. The molecule has 0 atom stereocenters. The van der Waals surface area contributed by atoms with Gasteiger partial charge in [0.1, 0.15) is 5.82 Å². The number of aryl methyl sites for hydroxylation is 2. The zero-order valence-corrected chi connectivity index (χ0v) is 23.9. The Morgan fingerprint density at radius 1 is 0.425 bits per heavy atom. The van der Waals surface area contributed by atoms with Crippen LogP contribution in [0.5, 0.6) is 0 Å². The average molecular weight is 543 g/mol. The minimum absolute atomic E-state index is 0.0509. The molecular formula is C37H41F3. The lowest BCUT2D eigenvalue weighted by Crippen LogP contribution is -1.96. The van der Waals surface area contributed by atoms with Gasteiger partial charge in [-0.15, -0.1) is 0 Å². The molecule has 0 heterocycles. The molecule has 4 aromatic rings. The fourth-order valence-electron chi connectivity index (χ4n) is 5.36. The van der Waals surface area contributed by atoms with E-state index in [1.807, 2.05) is 48.5 Å². The van der Waals surface area contributed by atoms with Gasteiger partial charge in [0.15, 0.2) is 11.6 Å². The minimum Gasteiger partial charge on any atom is -0.206 e. The highest BCUT2D eigenvalue weighted by molar-refractivity contribution is 5.75. The second kappa shape index (κ2) is 14.9. The van der Waals surface area contributed by atoms with Gasteiger partial charge in [0.2, 0.25) is 0 Å². The zero-order valence-electron chi connectivity index (χ0n) is 23.9. The van der Waals surface area contributed by atoms with Crippen molar-refractivity contribution in [1.82, 2.24) is 0 Å². The van der Waals surface area contributed by atoms with Gasteiger partial charge in [-0.2, -0.15) is 0 Å². The van der Waals surface area contributed by atoms with Crippen LogP contribution in [0.25, 0.3) is 33.4 Å². The Kier molecular flexibility index (Phi) is 11.0. The van der Waals surface area contributed by atoms with E-state index in [9.17, 15) is 0 Å². The molecule has 0 aliphatic heterocycles. The van der Waals surface area contributed by atoms with Crippen LogP contribution in [0.1, 0.15) is 82.8 Å². The van der Waals surface area contributed by atoms with Gasteiger partial charge >= 0.3 is 0 Å². The quantitative estimate of drug-likeness (QED) is 0.139. The highest BCUT2D eigenvalue weighted by Crippen LogP contribution is 2.34. The summed E-state index contributed by atoms with van der Waals surface area (Å²) >= 11 is 0. The van der Waals surface area contributed by atoms with Crippen molar-refractivity contribution in [1.29, 1.82) is 0 Å². The Morgan fingerprint density at radius 2 is 0.925 bits per heavy atom. The summed E-state index contributed by atoms with van der Waals surface area (Å²) in [6.45, 7) is 4.37. The van der Waals surface area contributed by atoms with E-state index < -0.39 is 17.5 Å². The summed E-state index contributed by atoms with van der Waals surface area (Å²) in [7, 11) is 0. The van der Waals surface area contributed by atoms with Gasteiger partial charge < -0.3 is 0 Å². The van der Waals surface area contributed by atoms with Crippen LogP contribution >= 0.6 is 0 Å². The van der Waals surface area contributed by atoms with Crippen molar-refractivity contribution in [3.63, 3.8) is 0 Å². The van der Waals surface area contributed by atoms with E-state index in [0.717, 1.165) is 31.2 Å². The molecule has 0 amide bonds. The molecule has 0 aliphatic rings. The molecule has 0 nitrogen and oxygen atoms in total. The highest BCUT2D eigenvalue weighted by Gasteiger charge is 2.18. The van der Waals surface area contributed by atoms with Gasteiger partial charge in [0, 0.05) is 16.7 Å². The van der Waals surface area contributed by atoms with Crippen molar-refractivity contribution in [3.05, 3.63) is 107 Å². The number of hydrogen-bond donors (Lipinski definition) is 0. The molecule has 0 aromatic heterocycles. The topological polar surface area (TPSA) is 0 Å². The van der Waals surface area contributed by atoms with Gasteiger partial charge in [0.25, 0.3) is 0 Å². The molecule has 210 valence electrons. The van der Waals surface area contributed by atoms with Crippen molar-refractivity contribution in [2.24, 2.45) is 0 Å². The molecule has 0 fully saturated rings. The van der Waals surface area contributed by atoms with Crippen molar-refractivity contribution in [3.8, 4) is 33.4 Å². The maximum Gasteiger partial charge on any atom is 0.167 e. The van der Waals surface area contributed by atoms with Crippen molar-refractivity contribution in [2.75, 3.05) is 0 Å². The van der Waals surface area contributed by atoms with E-state index in [4.69, 9.17) is 0 Å². The van der Waals surface area contributed by atoms with E-state index >= 15 is 13.2 Å². The predicted molar refractivity (Wildman–Crippen MR) is 163 cm³/mol. The lowest BCUT2D eigenvalue weighted by molar-refractivity contribution is 0.513. The fraction of sp³-hybridized carbons (Fsp3) is 0.351. The molecular weight excluding hydrogens is 501 g/mol. The Hall–Kier alpha value is -3.33. The number of hydrogen-bond acceptors (Lipinski definition) is 0. The van der Waals surface area contributed by atoms with Crippen molar-refractivity contribution in [2.45, 2.75) is 84.5 Å². The van der Waals surface area contributed by atoms with Crippen LogP contribution < -0.4 is 0 Å². The maximum absolute atomic E-state index is 15.2. The van der Waals surface area contributed by atoms with Crippen LogP contribution in [0.2, 0.25) is 0 Å². The van der Waals surface area contributed by atoms with E-state index in [-0.39, 0.29) is 16.7 Å². The van der Waals surface area contributed by atoms with Crippen LogP contribution in [-0.2, 0) is 12.8 Å². The standard InChI is InChI=1S/C37H41F3/c1-3-5-6-7-8-9-10-11-13-28-16-20-30(21-17-28)32-24-25-34(37(40)36(32)39)33-23-22-31(26-35(33)38)29-18-14-27(12-4-2)15-19-29/h14-26H,3-13H2,1-2H3. The molecule has 4 rings (SSSR count). The monoisotopic (exact) mass is 542 g/mol. The molecule has 0 saturated heterocycles. The van der Waals surface area contributed by atoms with Gasteiger partial charge in [-0.25, -0.2) is 13.2 Å². The Labute approximate surface area is 238 Å². The first-order valence-electron chi connectivity index (χ1n) is 15.0. The van der Waals surface area contributed by atoms with E-state index in [1.165, 1.54) is 74.3 Å². The third-order valence-corrected chi connectivity index (χ3v) is 7.75. The van der Waals surface area contributed by atoms with E-state index in [0.29, 0.717) is 11.1 Å². The summed E-state index contributed by atoms with van der Waals surface area (Å²) in [5.74, 6) is -2.56. The number of unbranched alkanes of at least 4 members (excludes halogenated alkanes) is 7. The third-order valence-electron chi connectivity index (χ3n) is 7.75. The van der Waals surface area contributed by atoms with Crippen molar-refractivity contribution < 1.29 is 13.2 Å². The Morgan fingerprint density at radius 3 is 1.55 bits per heavy atom. The lowest BCUT2D eigenvalue weighted by Gasteiger charge is -2.12. The van der Waals surface area contributed by atoms with Gasteiger partial charge in [-0.1, -0.05) is 138 Å². The molecule has 40 heavy (non-hydrogen) atoms. The highest BCUT2D eigenvalue weighted by atomic mass is 19.2. The minimum atomic E-state index is -1.03. The smallest absolute Gasteiger partial charge is 0.167 e. The first kappa shape index (κ1) is 29.6. The molecule has 0 N–H and O–H groups in total. The molecule has 0 saturated carbocycles. The molecule has 0 spiro atoms. The van der Waals surface area contributed by atoms with Crippen LogP contribution in [0.3, 0.4) is 0 Å². The maximum atomic E-state index is 15.2. The molecule has 4 aromatic carbocycles. The molecule has 0 aliphatic carbocycles. The summed E-state index contributed by atoms with van der Waals surface area (Å²) < 4.78 is 45.6. The molecule has 0 bridgehead atoms. The van der Waals surface area contributed by atoms with Crippen LogP contribution in [0, 0.1) is 17.5 Å². The summed E-state index contributed by atoms with van der Waals surface area (Å²) in [6, 6.07) is 23.4. The summed E-state index contributed by atoms with van der Waals surface area (Å²) in [6.07, 6.45) is 13.3. The molecule has 0 radical (unpaired) electrons. The predicted octanol–water partition coefficient (Wildman–Crippen LogP) is 11.7. The number of benzene rings is 4. The third kappa shape index (κ3) is 7.65. The van der Waals surface area contributed by atoms with Crippen LogP contribution in [-0.4, -0.2) is 0 Å². The van der Waals surface area contributed by atoms with Crippen molar-refractivity contribution >= 4 is 0 Å². The van der Waals surface area contributed by atoms with Gasteiger partial charge in [-0.05, 0) is 53.1 Å². The van der Waals surface area contributed by atoms with E-state index in [1.54, 1.807) is 12.1 Å². The van der Waals surface area contributed by atoms with Crippen LogP contribution in [0.4, 0.5) is 13.2 Å². The Bertz CT molecular complexity index is 1350. The van der Waals surface area contributed by atoms with Crippen LogP contribution in [0.15, 0.2) is 78.9 Å². The Balaban J connectivity index is 1.41.